The van der Waals surface area contributed by atoms with Crippen molar-refractivity contribution in [1.82, 2.24) is 0 Å². The third-order valence-electron chi connectivity index (χ3n) is 7.35. The first-order chi connectivity index (χ1) is 15.2. The molecule has 1 aliphatic heterocycles. The van der Waals surface area contributed by atoms with E-state index in [0.29, 0.717) is 24.7 Å². The maximum atomic E-state index is 13.4. The molecule has 1 aromatic rings. The highest BCUT2D eigenvalue weighted by atomic mass is 19.2. The van der Waals surface area contributed by atoms with Crippen molar-refractivity contribution in [3.05, 3.63) is 35.4 Å². The van der Waals surface area contributed by atoms with Gasteiger partial charge in [-0.25, -0.2) is 8.78 Å². The summed E-state index contributed by atoms with van der Waals surface area (Å²) in [7, 11) is 0. The van der Waals surface area contributed by atoms with Crippen LogP contribution in [0.5, 0.6) is 0 Å². The molecule has 0 N–H and O–H groups in total. The van der Waals surface area contributed by atoms with Crippen molar-refractivity contribution in [3.63, 3.8) is 0 Å². The van der Waals surface area contributed by atoms with Crippen LogP contribution in [0.2, 0.25) is 0 Å². The van der Waals surface area contributed by atoms with Crippen LogP contribution in [0.3, 0.4) is 0 Å². The Morgan fingerprint density at radius 1 is 0.710 bits per heavy atom. The summed E-state index contributed by atoms with van der Waals surface area (Å²) >= 11 is 0. The van der Waals surface area contributed by atoms with Crippen LogP contribution in [-0.2, 0) is 9.47 Å². The van der Waals surface area contributed by atoms with E-state index in [9.17, 15) is 8.78 Å². The van der Waals surface area contributed by atoms with E-state index in [1.165, 1.54) is 95.6 Å². The molecule has 1 aliphatic carbocycles. The van der Waals surface area contributed by atoms with Gasteiger partial charge in [0.15, 0.2) is 17.9 Å². The Hall–Kier alpha value is -1.00. The highest BCUT2D eigenvalue weighted by Gasteiger charge is 2.26. The minimum absolute atomic E-state index is 0.409. The van der Waals surface area contributed by atoms with E-state index >= 15 is 0 Å². The van der Waals surface area contributed by atoms with Gasteiger partial charge in [0.1, 0.15) is 0 Å². The fourth-order valence-electron chi connectivity index (χ4n) is 5.23. The summed E-state index contributed by atoms with van der Waals surface area (Å²) < 4.78 is 38.1. The van der Waals surface area contributed by atoms with Crippen molar-refractivity contribution in [3.8, 4) is 0 Å². The van der Waals surface area contributed by atoms with E-state index in [0.717, 1.165) is 24.3 Å². The Morgan fingerprint density at radius 3 is 1.94 bits per heavy atom. The molecule has 4 heteroatoms. The van der Waals surface area contributed by atoms with Crippen LogP contribution in [0.15, 0.2) is 18.2 Å². The molecule has 1 saturated carbocycles. The summed E-state index contributed by atoms with van der Waals surface area (Å²) in [6.45, 7) is 3.55. The van der Waals surface area contributed by atoms with Gasteiger partial charge in [-0.05, 0) is 30.4 Å². The fourth-order valence-corrected chi connectivity index (χ4v) is 5.23. The lowest BCUT2D eigenvalue weighted by molar-refractivity contribution is -0.206. The third-order valence-corrected chi connectivity index (χ3v) is 7.35. The summed E-state index contributed by atoms with van der Waals surface area (Å²) in [5.41, 5.74) is 0.552. The van der Waals surface area contributed by atoms with Crippen LogP contribution in [0.1, 0.15) is 109 Å². The monoisotopic (exact) mass is 436 g/mol. The molecule has 2 fully saturated rings. The molecule has 1 saturated heterocycles. The van der Waals surface area contributed by atoms with Crippen LogP contribution in [-0.4, -0.2) is 13.2 Å². The molecule has 0 atom stereocenters. The number of halogens is 2. The molecule has 2 aliphatic rings. The molecule has 1 heterocycles. The Balaban J connectivity index is 1.23. The van der Waals surface area contributed by atoms with Gasteiger partial charge in [0.25, 0.3) is 0 Å². The third kappa shape index (κ3) is 8.46. The molecule has 3 rings (SSSR count). The second kappa shape index (κ2) is 13.5. The predicted molar refractivity (Wildman–Crippen MR) is 122 cm³/mol. The van der Waals surface area contributed by atoms with Crippen molar-refractivity contribution in [2.75, 3.05) is 13.2 Å². The van der Waals surface area contributed by atoms with Crippen molar-refractivity contribution in [1.29, 1.82) is 0 Å². The molecule has 1 aromatic carbocycles. The van der Waals surface area contributed by atoms with E-state index in [1.807, 2.05) is 0 Å². The van der Waals surface area contributed by atoms with Gasteiger partial charge in [-0.1, -0.05) is 96.5 Å². The molecular formula is C27H42F2O2. The molecule has 0 unspecified atom stereocenters. The first-order valence-electron chi connectivity index (χ1n) is 12.8. The molecule has 2 nitrogen and oxygen atoms in total. The van der Waals surface area contributed by atoms with Gasteiger partial charge in [0.05, 0.1) is 13.2 Å². The lowest BCUT2D eigenvalue weighted by Crippen LogP contribution is -2.28. The highest BCUT2D eigenvalue weighted by Crippen LogP contribution is 2.36. The fraction of sp³-hybridized carbons (Fsp3) is 0.778. The molecule has 0 radical (unpaired) electrons. The Labute approximate surface area is 188 Å². The summed E-state index contributed by atoms with van der Waals surface area (Å²) in [5, 5.41) is 0. The Bertz CT molecular complexity index is 620. The first-order valence-corrected chi connectivity index (χ1v) is 12.8. The smallest absolute Gasteiger partial charge is 0.183 e. The van der Waals surface area contributed by atoms with E-state index < -0.39 is 17.9 Å². The van der Waals surface area contributed by atoms with Crippen molar-refractivity contribution in [2.24, 2.45) is 17.8 Å². The van der Waals surface area contributed by atoms with Crippen LogP contribution in [0.25, 0.3) is 0 Å². The van der Waals surface area contributed by atoms with Gasteiger partial charge in [-0.15, -0.1) is 0 Å². The van der Waals surface area contributed by atoms with Crippen LogP contribution in [0, 0.1) is 29.4 Å². The lowest BCUT2D eigenvalue weighted by atomic mass is 9.77. The zero-order valence-electron chi connectivity index (χ0n) is 19.4. The number of unbranched alkanes of at least 4 members (excludes halogenated alkanes) is 6. The van der Waals surface area contributed by atoms with Gasteiger partial charge in [0, 0.05) is 11.5 Å². The van der Waals surface area contributed by atoms with Gasteiger partial charge >= 0.3 is 0 Å². The molecule has 0 spiro atoms. The Kier molecular flexibility index (Phi) is 10.7. The molecule has 176 valence electrons. The average Bonchev–Trinajstić information content (AvgIpc) is 2.80. The molecular weight excluding hydrogens is 394 g/mol. The van der Waals surface area contributed by atoms with Crippen LogP contribution in [0.4, 0.5) is 8.78 Å². The topological polar surface area (TPSA) is 18.5 Å². The number of ether oxygens (including phenoxy) is 2. The maximum absolute atomic E-state index is 13.4. The molecule has 0 bridgehead atoms. The molecule has 31 heavy (non-hydrogen) atoms. The van der Waals surface area contributed by atoms with Gasteiger partial charge in [0.2, 0.25) is 0 Å². The van der Waals surface area contributed by atoms with Gasteiger partial charge in [-0.3, -0.25) is 0 Å². The van der Waals surface area contributed by atoms with E-state index in [4.69, 9.17) is 9.47 Å². The maximum Gasteiger partial charge on any atom is 0.183 e. The van der Waals surface area contributed by atoms with Crippen LogP contribution < -0.4 is 0 Å². The van der Waals surface area contributed by atoms with Crippen molar-refractivity contribution in [2.45, 2.75) is 103 Å². The number of rotatable bonds is 12. The summed E-state index contributed by atoms with van der Waals surface area (Å²) in [4.78, 5) is 0. The standard InChI is InChI=1S/C27H42F2O2/c1-2-3-4-5-6-7-8-9-21-10-12-22(13-11-21)14-15-23-19-30-27(31-20-23)24-16-17-25(28)26(29)18-24/h16-18,21-23,27H,2-15,19-20H2,1H3. The summed E-state index contributed by atoms with van der Waals surface area (Å²) in [6, 6.07) is 3.84. The summed E-state index contributed by atoms with van der Waals surface area (Å²) in [5.74, 6) is 0.537. The van der Waals surface area contributed by atoms with Crippen molar-refractivity contribution < 1.29 is 18.3 Å². The zero-order valence-corrected chi connectivity index (χ0v) is 19.4. The second-order valence-electron chi connectivity index (χ2n) is 9.91. The normalized spacial score (nSPS) is 26.8. The van der Waals surface area contributed by atoms with E-state index in [1.54, 1.807) is 0 Å². The van der Waals surface area contributed by atoms with Crippen molar-refractivity contribution >= 4 is 0 Å². The first kappa shape index (κ1) is 24.6. The highest BCUT2D eigenvalue weighted by molar-refractivity contribution is 5.19. The lowest BCUT2D eigenvalue weighted by Gasteiger charge is -2.32. The zero-order chi connectivity index (χ0) is 21.9. The molecule has 0 aromatic heterocycles. The van der Waals surface area contributed by atoms with Gasteiger partial charge < -0.3 is 9.47 Å². The largest absolute Gasteiger partial charge is 0.348 e. The molecule has 0 amide bonds. The SMILES string of the molecule is CCCCCCCCCC1CCC(CCC2COC(c3ccc(F)c(F)c3)OC2)CC1. The van der Waals surface area contributed by atoms with E-state index in [2.05, 4.69) is 6.92 Å². The minimum Gasteiger partial charge on any atom is -0.348 e. The van der Waals surface area contributed by atoms with E-state index in [-0.39, 0.29) is 0 Å². The predicted octanol–water partition coefficient (Wildman–Crippen LogP) is 8.35. The second-order valence-corrected chi connectivity index (χ2v) is 9.91. The number of hydrogen-bond acceptors (Lipinski definition) is 2. The minimum atomic E-state index is -0.852. The average molecular weight is 437 g/mol. The van der Waals surface area contributed by atoms with Crippen LogP contribution >= 0.6 is 0 Å². The quantitative estimate of drug-likeness (QED) is 0.306. The number of benzene rings is 1. The number of hydrogen-bond donors (Lipinski definition) is 0. The Morgan fingerprint density at radius 2 is 1.29 bits per heavy atom. The summed E-state index contributed by atoms with van der Waals surface area (Å²) in [6.07, 6.45) is 18.7. The van der Waals surface area contributed by atoms with Gasteiger partial charge in [-0.2, -0.15) is 0 Å².